The Labute approximate surface area is 188 Å². The fourth-order valence-corrected chi connectivity index (χ4v) is 3.91. The van der Waals surface area contributed by atoms with Crippen molar-refractivity contribution in [1.82, 2.24) is 5.32 Å². The van der Waals surface area contributed by atoms with E-state index >= 15 is 0 Å². The molecule has 7 nitrogen and oxygen atoms in total. The van der Waals surface area contributed by atoms with E-state index in [0.717, 1.165) is 23.5 Å². The average molecular weight is 439 g/mol. The first-order chi connectivity index (χ1) is 15.4. The first-order valence-electron chi connectivity index (χ1n) is 11.1. The maximum Gasteiger partial charge on any atom is 0.326 e. The van der Waals surface area contributed by atoms with Gasteiger partial charge in [-0.2, -0.15) is 0 Å². The summed E-state index contributed by atoms with van der Waals surface area (Å²) in [6.45, 7) is 0.764. The highest BCUT2D eigenvalue weighted by molar-refractivity contribution is 5.97. The number of carbonyl (C=O) groups excluding carboxylic acids is 2. The highest BCUT2D eigenvalue weighted by Crippen LogP contribution is 2.26. The molecule has 0 heterocycles. The Morgan fingerprint density at radius 2 is 1.56 bits per heavy atom. The van der Waals surface area contributed by atoms with Crippen molar-refractivity contribution in [2.45, 2.75) is 51.0 Å². The third-order valence-corrected chi connectivity index (χ3v) is 5.83. The van der Waals surface area contributed by atoms with E-state index in [0.29, 0.717) is 11.5 Å². The largest absolute Gasteiger partial charge is 0.493 e. The molecular formula is C25H30N2O5. The molecule has 1 saturated carbocycles. The number of carbonyl (C=O) groups is 3. The molecule has 0 unspecified atom stereocenters. The van der Waals surface area contributed by atoms with Crippen molar-refractivity contribution in [3.8, 4) is 16.9 Å². The van der Waals surface area contributed by atoms with E-state index in [-0.39, 0.29) is 12.8 Å². The molecule has 3 rings (SSSR count). The Hall–Kier alpha value is -3.35. The molecule has 2 aromatic carbocycles. The zero-order valence-electron chi connectivity index (χ0n) is 18.1. The van der Waals surface area contributed by atoms with E-state index in [2.05, 4.69) is 5.32 Å². The van der Waals surface area contributed by atoms with Crippen molar-refractivity contribution in [2.75, 3.05) is 6.61 Å². The molecule has 0 spiro atoms. The summed E-state index contributed by atoms with van der Waals surface area (Å²) in [4.78, 5) is 34.6. The lowest BCUT2D eigenvalue weighted by Crippen LogP contribution is -2.41. The van der Waals surface area contributed by atoms with Gasteiger partial charge < -0.3 is 20.9 Å². The predicted octanol–water partition coefficient (Wildman–Crippen LogP) is 3.76. The van der Waals surface area contributed by atoms with Gasteiger partial charge in [0, 0.05) is 12.0 Å². The van der Waals surface area contributed by atoms with Gasteiger partial charge in [-0.05, 0) is 60.6 Å². The van der Waals surface area contributed by atoms with Crippen LogP contribution in [0.5, 0.6) is 5.75 Å². The van der Waals surface area contributed by atoms with Gasteiger partial charge in [0.2, 0.25) is 5.91 Å². The second-order valence-electron chi connectivity index (χ2n) is 8.29. The predicted molar refractivity (Wildman–Crippen MR) is 121 cm³/mol. The fourth-order valence-electron chi connectivity index (χ4n) is 3.91. The van der Waals surface area contributed by atoms with Crippen LogP contribution in [0.25, 0.3) is 11.1 Å². The van der Waals surface area contributed by atoms with Crippen LogP contribution in [0, 0.1) is 5.92 Å². The van der Waals surface area contributed by atoms with Crippen LogP contribution in [0.1, 0.15) is 55.3 Å². The summed E-state index contributed by atoms with van der Waals surface area (Å²) in [6, 6.07) is 13.6. The van der Waals surface area contributed by atoms with Gasteiger partial charge in [-0.3, -0.25) is 9.59 Å². The van der Waals surface area contributed by atoms with Crippen molar-refractivity contribution in [1.29, 1.82) is 0 Å². The first kappa shape index (κ1) is 23.3. The summed E-state index contributed by atoms with van der Waals surface area (Å²) in [6.07, 6.45) is 6.25. The Morgan fingerprint density at radius 1 is 0.969 bits per heavy atom. The van der Waals surface area contributed by atoms with Crippen LogP contribution in [-0.4, -0.2) is 35.5 Å². The molecule has 2 aromatic rings. The van der Waals surface area contributed by atoms with Gasteiger partial charge in [0.25, 0.3) is 5.91 Å². The first-order valence-corrected chi connectivity index (χ1v) is 11.1. The molecule has 0 saturated heterocycles. The molecule has 1 aliphatic carbocycles. The van der Waals surface area contributed by atoms with E-state index < -0.39 is 23.8 Å². The number of aliphatic carboxylic acids is 1. The van der Waals surface area contributed by atoms with Gasteiger partial charge in [-0.15, -0.1) is 0 Å². The average Bonchev–Trinajstić information content (AvgIpc) is 2.81. The van der Waals surface area contributed by atoms with E-state index in [1.54, 1.807) is 12.1 Å². The second kappa shape index (κ2) is 11.3. The number of hydrogen-bond acceptors (Lipinski definition) is 4. The van der Waals surface area contributed by atoms with E-state index in [1.807, 2.05) is 36.4 Å². The molecule has 170 valence electrons. The molecule has 7 heteroatoms. The Morgan fingerprint density at radius 3 is 2.12 bits per heavy atom. The Bertz CT molecular complexity index is 918. The third-order valence-electron chi connectivity index (χ3n) is 5.83. The maximum atomic E-state index is 12.4. The quantitative estimate of drug-likeness (QED) is 0.522. The summed E-state index contributed by atoms with van der Waals surface area (Å²) in [5.74, 6) is -0.827. The summed E-state index contributed by atoms with van der Waals surface area (Å²) in [5, 5.41) is 11.7. The molecule has 0 aromatic heterocycles. The number of nitrogens with two attached hydrogens (primary N) is 1. The number of primary amides is 1. The minimum atomic E-state index is -1.21. The number of benzene rings is 2. The van der Waals surface area contributed by atoms with Crippen molar-refractivity contribution in [2.24, 2.45) is 11.7 Å². The normalized spacial score (nSPS) is 15.0. The lowest BCUT2D eigenvalue weighted by atomic mass is 9.90. The third kappa shape index (κ3) is 6.83. The minimum Gasteiger partial charge on any atom is -0.493 e. The molecule has 0 aliphatic heterocycles. The summed E-state index contributed by atoms with van der Waals surface area (Å²) < 4.78 is 5.95. The van der Waals surface area contributed by atoms with Crippen LogP contribution < -0.4 is 15.8 Å². The number of carboxylic acids is 1. The lowest BCUT2D eigenvalue weighted by Gasteiger charge is -2.21. The molecule has 1 aliphatic rings. The Balaban J connectivity index is 1.56. The van der Waals surface area contributed by atoms with Crippen LogP contribution >= 0.6 is 0 Å². The topological polar surface area (TPSA) is 119 Å². The van der Waals surface area contributed by atoms with Gasteiger partial charge in [0.1, 0.15) is 11.8 Å². The summed E-state index contributed by atoms with van der Waals surface area (Å²) in [5.41, 5.74) is 7.33. The summed E-state index contributed by atoms with van der Waals surface area (Å²) in [7, 11) is 0. The summed E-state index contributed by atoms with van der Waals surface area (Å²) >= 11 is 0. The lowest BCUT2D eigenvalue weighted by molar-refractivity contribution is -0.139. The van der Waals surface area contributed by atoms with Crippen LogP contribution in [0.3, 0.4) is 0 Å². The number of amides is 2. The second-order valence-corrected chi connectivity index (χ2v) is 8.29. The number of rotatable bonds is 10. The number of hydrogen-bond donors (Lipinski definition) is 3. The van der Waals surface area contributed by atoms with Crippen molar-refractivity contribution >= 4 is 17.8 Å². The van der Waals surface area contributed by atoms with Crippen molar-refractivity contribution < 1.29 is 24.2 Å². The molecular weight excluding hydrogens is 408 g/mol. The number of nitrogens with one attached hydrogen (secondary N) is 1. The van der Waals surface area contributed by atoms with Gasteiger partial charge >= 0.3 is 5.97 Å². The van der Waals surface area contributed by atoms with Crippen LogP contribution in [0.15, 0.2) is 48.5 Å². The molecule has 0 bridgehead atoms. The van der Waals surface area contributed by atoms with Gasteiger partial charge in [-0.25, -0.2) is 4.79 Å². The highest BCUT2D eigenvalue weighted by atomic mass is 16.5. The van der Waals surface area contributed by atoms with Gasteiger partial charge in [0.15, 0.2) is 0 Å². The smallest absolute Gasteiger partial charge is 0.326 e. The minimum absolute atomic E-state index is 0.0519. The number of ether oxygens (including phenoxy) is 1. The highest BCUT2D eigenvalue weighted by Gasteiger charge is 2.21. The molecule has 1 fully saturated rings. The van der Waals surface area contributed by atoms with Crippen molar-refractivity contribution in [3.05, 3.63) is 54.1 Å². The van der Waals surface area contributed by atoms with Gasteiger partial charge in [-0.1, -0.05) is 43.5 Å². The van der Waals surface area contributed by atoms with Crippen LogP contribution in [0.2, 0.25) is 0 Å². The van der Waals surface area contributed by atoms with E-state index in [9.17, 15) is 19.5 Å². The number of carboxylic acid groups (broad SMARTS) is 1. The fraction of sp³-hybridized carbons (Fsp3) is 0.400. The molecule has 32 heavy (non-hydrogen) atoms. The van der Waals surface area contributed by atoms with Gasteiger partial charge in [0.05, 0.1) is 6.61 Å². The standard InChI is InChI=1S/C25H30N2O5/c26-23(28)15-14-22(25(30)31)27-24(29)20-8-6-18(7-9-20)19-10-12-21(13-11-19)32-16-17-4-2-1-3-5-17/h6-13,17,22H,1-5,14-16H2,(H2,26,28)(H,27,29)(H,30,31)/t22-/m0/s1. The van der Waals surface area contributed by atoms with E-state index in [1.165, 1.54) is 32.1 Å². The molecule has 1 atom stereocenters. The van der Waals surface area contributed by atoms with Crippen LogP contribution in [-0.2, 0) is 9.59 Å². The molecule has 0 radical (unpaired) electrons. The van der Waals surface area contributed by atoms with Crippen molar-refractivity contribution in [3.63, 3.8) is 0 Å². The van der Waals surface area contributed by atoms with E-state index in [4.69, 9.17) is 10.5 Å². The maximum absolute atomic E-state index is 12.4. The molecule has 4 N–H and O–H groups in total. The zero-order chi connectivity index (χ0) is 22.9. The zero-order valence-corrected chi connectivity index (χ0v) is 18.1. The monoisotopic (exact) mass is 438 g/mol. The Kier molecular flexibility index (Phi) is 8.25. The van der Waals surface area contributed by atoms with Crippen LogP contribution in [0.4, 0.5) is 0 Å². The SMILES string of the molecule is NC(=O)CC[C@H](NC(=O)c1ccc(-c2ccc(OCC3CCCCC3)cc2)cc1)C(=O)O. The molecule has 2 amide bonds.